The van der Waals surface area contributed by atoms with Crippen LogP contribution in [0.15, 0.2) is 22.0 Å². The van der Waals surface area contributed by atoms with Gasteiger partial charge in [0.25, 0.3) is 21.4 Å². The summed E-state index contributed by atoms with van der Waals surface area (Å²) < 4.78 is 77.1. The van der Waals surface area contributed by atoms with Gasteiger partial charge in [-0.1, -0.05) is 11.6 Å². The molecule has 0 aliphatic heterocycles. The van der Waals surface area contributed by atoms with Crippen LogP contribution in [0.2, 0.25) is 5.02 Å². The monoisotopic (exact) mass is 454 g/mol. The van der Waals surface area contributed by atoms with E-state index in [0.29, 0.717) is 10.6 Å². The van der Waals surface area contributed by atoms with E-state index in [4.69, 9.17) is 16.3 Å². The summed E-state index contributed by atoms with van der Waals surface area (Å²) in [5.41, 5.74) is -2.38. The largest absolute Gasteiger partial charge is 0.480 e. The summed E-state index contributed by atoms with van der Waals surface area (Å²) >= 11 is 5.76. The fourth-order valence-electron chi connectivity index (χ4n) is 2.29. The summed E-state index contributed by atoms with van der Waals surface area (Å²) in [7, 11) is -2.77. The Morgan fingerprint density at radius 3 is 2.45 bits per heavy atom. The number of nitrogens with zero attached hydrogens (tertiary/aromatic N) is 4. The number of ether oxygens (including phenoxy) is 2. The highest BCUT2D eigenvalue weighted by Gasteiger charge is 2.40. The highest BCUT2D eigenvalue weighted by Crippen LogP contribution is 2.38. The molecule has 29 heavy (non-hydrogen) atoms. The normalized spacial score (nSPS) is 12.2. The van der Waals surface area contributed by atoms with Gasteiger partial charge in [0.1, 0.15) is 0 Å². The topological polar surface area (TPSA) is 141 Å². The molecule has 0 aliphatic carbocycles. The maximum Gasteiger partial charge on any atom is 0.418 e. The summed E-state index contributed by atoms with van der Waals surface area (Å²) in [4.78, 5) is 21.9. The van der Waals surface area contributed by atoms with E-state index in [0.717, 1.165) is 13.3 Å². The standard InChI is InChI=1S/C13H10ClF3N6O5S/c1-27-8-6(14)10(24)23-12(19-8)20-11(21-23)22-29(25,26)7-5(13(15,16)17)3-4-18-9(7)28-2/h3-4H,1-2H3,(H2,19,20,21,22). The van der Waals surface area contributed by atoms with Crippen LogP contribution in [0.3, 0.4) is 0 Å². The molecule has 0 aliphatic rings. The molecule has 0 amide bonds. The number of fused-ring (bicyclic) bond motifs is 1. The zero-order chi connectivity index (χ0) is 21.6. The number of alkyl halides is 3. The minimum atomic E-state index is -5.02. The van der Waals surface area contributed by atoms with Crippen LogP contribution >= 0.6 is 11.6 Å². The lowest BCUT2D eigenvalue weighted by Crippen LogP contribution is -2.21. The number of hydrogen-bond acceptors (Lipinski definition) is 8. The van der Waals surface area contributed by atoms with Crippen molar-refractivity contribution in [1.29, 1.82) is 0 Å². The van der Waals surface area contributed by atoms with Crippen molar-refractivity contribution < 1.29 is 31.1 Å². The van der Waals surface area contributed by atoms with Crippen molar-refractivity contribution in [2.45, 2.75) is 11.1 Å². The fourth-order valence-corrected chi connectivity index (χ4v) is 3.78. The van der Waals surface area contributed by atoms with E-state index in [2.05, 4.69) is 24.8 Å². The molecule has 0 saturated heterocycles. The van der Waals surface area contributed by atoms with Gasteiger partial charge in [-0.25, -0.2) is 18.1 Å². The number of rotatable bonds is 5. The summed E-state index contributed by atoms with van der Waals surface area (Å²) in [5.74, 6) is -2.02. The van der Waals surface area contributed by atoms with Crippen LogP contribution in [0.25, 0.3) is 5.78 Å². The second-order valence-corrected chi connectivity index (χ2v) is 7.25. The summed E-state index contributed by atoms with van der Waals surface area (Å²) in [6.07, 6.45) is -4.27. The molecule has 0 aromatic carbocycles. The molecule has 0 fully saturated rings. The molecule has 11 nitrogen and oxygen atoms in total. The van der Waals surface area contributed by atoms with Gasteiger partial charge in [-0.2, -0.15) is 27.7 Å². The van der Waals surface area contributed by atoms with Crippen LogP contribution in [0.5, 0.6) is 11.8 Å². The van der Waals surface area contributed by atoms with E-state index in [9.17, 15) is 26.4 Å². The molecule has 0 saturated carbocycles. The molecule has 156 valence electrons. The van der Waals surface area contributed by atoms with Crippen molar-refractivity contribution in [3.05, 3.63) is 33.2 Å². The van der Waals surface area contributed by atoms with E-state index < -0.39 is 49.1 Å². The lowest BCUT2D eigenvalue weighted by molar-refractivity contribution is -0.140. The van der Waals surface area contributed by atoms with Crippen molar-refractivity contribution in [1.82, 2.24) is 24.6 Å². The molecule has 3 aromatic heterocycles. The highest BCUT2D eigenvalue weighted by molar-refractivity contribution is 7.92. The van der Waals surface area contributed by atoms with Crippen molar-refractivity contribution in [2.24, 2.45) is 0 Å². The van der Waals surface area contributed by atoms with Gasteiger partial charge in [-0.15, -0.1) is 0 Å². The molecular weight excluding hydrogens is 445 g/mol. The first-order valence-corrected chi connectivity index (χ1v) is 9.21. The number of H-pyrrole nitrogens is 1. The molecule has 2 N–H and O–H groups in total. The third-order valence-corrected chi connectivity index (χ3v) is 5.19. The number of aromatic nitrogens is 5. The van der Waals surface area contributed by atoms with Crippen LogP contribution in [0.1, 0.15) is 5.56 Å². The maximum atomic E-state index is 13.3. The number of halogens is 4. The van der Waals surface area contributed by atoms with E-state index in [1.807, 2.05) is 0 Å². The predicted molar refractivity (Wildman–Crippen MR) is 91.8 cm³/mol. The van der Waals surface area contributed by atoms with E-state index in [1.54, 1.807) is 4.72 Å². The average molecular weight is 455 g/mol. The minimum Gasteiger partial charge on any atom is -0.480 e. The zero-order valence-corrected chi connectivity index (χ0v) is 16.0. The van der Waals surface area contributed by atoms with Crippen LogP contribution in [-0.2, 0) is 16.2 Å². The number of nitrogens with one attached hydrogen (secondary N) is 2. The van der Waals surface area contributed by atoms with Gasteiger partial charge >= 0.3 is 6.18 Å². The molecule has 0 atom stereocenters. The maximum absolute atomic E-state index is 13.3. The first-order valence-electron chi connectivity index (χ1n) is 7.35. The van der Waals surface area contributed by atoms with Crippen LogP contribution in [0.4, 0.5) is 19.1 Å². The molecule has 3 aromatic rings. The Bertz CT molecular complexity index is 1260. The third kappa shape index (κ3) is 3.65. The highest BCUT2D eigenvalue weighted by atomic mass is 35.5. The summed E-state index contributed by atoms with van der Waals surface area (Å²) in [5, 5.41) is 1.82. The second kappa shape index (κ2) is 7.07. The quantitative estimate of drug-likeness (QED) is 0.587. The van der Waals surface area contributed by atoms with Crippen molar-refractivity contribution in [2.75, 3.05) is 18.9 Å². The van der Waals surface area contributed by atoms with Crippen LogP contribution < -0.4 is 19.8 Å². The Morgan fingerprint density at radius 1 is 1.21 bits per heavy atom. The Hall–Kier alpha value is -3.07. The lowest BCUT2D eigenvalue weighted by atomic mass is 10.2. The first kappa shape index (κ1) is 20.7. The van der Waals surface area contributed by atoms with Gasteiger partial charge in [-0.3, -0.25) is 9.89 Å². The first-order chi connectivity index (χ1) is 13.5. The molecular formula is C13H10ClF3N6O5S. The molecule has 0 bridgehead atoms. The predicted octanol–water partition coefficient (Wildman–Crippen LogP) is 1.30. The number of sulfonamides is 1. The molecule has 16 heteroatoms. The number of pyridine rings is 1. The van der Waals surface area contributed by atoms with E-state index >= 15 is 0 Å². The molecule has 0 unspecified atom stereocenters. The number of hydrogen-bond donors (Lipinski definition) is 2. The Balaban J connectivity index is 2.14. The fraction of sp³-hybridized carbons (Fsp3) is 0.231. The Kier molecular flexibility index (Phi) is 5.04. The zero-order valence-electron chi connectivity index (χ0n) is 14.4. The SMILES string of the molecule is COc1nccc(C(F)(F)F)c1S(=O)(=O)Nc1nc2nc(OC)c(Cl)c(=O)n2[nH]1. The smallest absolute Gasteiger partial charge is 0.418 e. The Labute approximate surface area is 164 Å². The van der Waals surface area contributed by atoms with Crippen LogP contribution in [-0.4, -0.2) is 47.2 Å². The average Bonchev–Trinajstić information content (AvgIpc) is 3.05. The van der Waals surface area contributed by atoms with Crippen molar-refractivity contribution in [3.63, 3.8) is 0 Å². The number of aromatic amines is 1. The second-order valence-electron chi connectivity index (χ2n) is 5.25. The van der Waals surface area contributed by atoms with Crippen molar-refractivity contribution in [3.8, 4) is 11.8 Å². The van der Waals surface area contributed by atoms with Gasteiger partial charge in [0.05, 0.1) is 19.8 Å². The van der Waals surface area contributed by atoms with Gasteiger partial charge in [0, 0.05) is 6.20 Å². The molecule has 0 radical (unpaired) electrons. The van der Waals surface area contributed by atoms with Crippen LogP contribution in [0, 0.1) is 0 Å². The third-order valence-electron chi connectivity index (χ3n) is 3.47. The van der Waals surface area contributed by atoms with Gasteiger partial charge in [0.15, 0.2) is 9.92 Å². The summed E-state index contributed by atoms with van der Waals surface area (Å²) in [6.45, 7) is 0. The van der Waals surface area contributed by atoms with Gasteiger partial charge < -0.3 is 9.47 Å². The van der Waals surface area contributed by atoms with Gasteiger partial charge in [-0.05, 0) is 6.07 Å². The van der Waals surface area contributed by atoms with Crippen molar-refractivity contribution >= 4 is 33.4 Å². The number of anilines is 1. The van der Waals surface area contributed by atoms with E-state index in [-0.39, 0.29) is 11.7 Å². The number of methoxy groups -OCH3 is 2. The summed E-state index contributed by atoms with van der Waals surface area (Å²) in [6, 6.07) is 0.479. The molecule has 3 heterocycles. The van der Waals surface area contributed by atoms with Gasteiger partial charge in [0.2, 0.25) is 17.7 Å². The molecule has 0 spiro atoms. The molecule has 3 rings (SSSR count). The lowest BCUT2D eigenvalue weighted by Gasteiger charge is -2.15. The Morgan fingerprint density at radius 2 is 1.86 bits per heavy atom. The van der Waals surface area contributed by atoms with E-state index in [1.165, 1.54) is 7.11 Å². The minimum absolute atomic E-state index is 0.272.